The molecule has 0 spiro atoms. The molecule has 0 heterocycles. The largest absolute Gasteiger partial charge is 0.205 e. The van der Waals surface area contributed by atoms with E-state index in [0.29, 0.717) is 0 Å². The van der Waals surface area contributed by atoms with Gasteiger partial charge in [0.2, 0.25) is 0 Å². The Balaban J connectivity index is 4.02. The molecular formula is C24H53NP+. The molecule has 1 nitrogen and oxygen atoms in total. The molecule has 2 heteroatoms. The van der Waals surface area contributed by atoms with E-state index in [2.05, 4.69) is 20.8 Å². The summed E-state index contributed by atoms with van der Waals surface area (Å²) in [4.78, 5) is 0. The van der Waals surface area contributed by atoms with Crippen LogP contribution in [-0.2, 0) is 0 Å². The fourth-order valence-electron chi connectivity index (χ4n) is 3.96. The summed E-state index contributed by atoms with van der Waals surface area (Å²) in [6.45, 7) is 6.91. The number of unbranched alkanes of at least 4 members (excludes halogenated alkanes) is 15. The third kappa shape index (κ3) is 17.8. The zero-order chi connectivity index (χ0) is 19.3. The Morgan fingerprint density at radius 3 is 0.885 bits per heavy atom. The predicted molar refractivity (Wildman–Crippen MR) is 126 cm³/mol. The van der Waals surface area contributed by atoms with Gasteiger partial charge in [0.15, 0.2) is 0 Å². The van der Waals surface area contributed by atoms with Crippen molar-refractivity contribution in [1.29, 1.82) is 0 Å². The molecule has 0 aliphatic rings. The first-order valence-corrected chi connectivity index (χ1v) is 14.7. The maximum atomic E-state index is 7.03. The standard InChI is InChI=1S/C24H53NP/c1-4-7-10-13-16-19-22-26(25,23-20-17-14-11-8-5-2)24-21-18-15-12-9-6-3/h4-25H2,1-3H3/q+1. The van der Waals surface area contributed by atoms with Crippen LogP contribution in [0.1, 0.15) is 136 Å². The number of rotatable bonds is 21. The van der Waals surface area contributed by atoms with E-state index in [1.807, 2.05) is 0 Å². The Morgan fingerprint density at radius 2 is 0.615 bits per heavy atom. The smallest absolute Gasteiger partial charge is 0.0770 e. The van der Waals surface area contributed by atoms with Crippen molar-refractivity contribution >= 4 is 7.41 Å². The van der Waals surface area contributed by atoms with E-state index in [1.54, 1.807) is 0 Å². The highest BCUT2D eigenvalue weighted by Crippen LogP contribution is 2.53. The Kier molecular flexibility index (Phi) is 20.4. The molecule has 0 rings (SSSR count). The molecule has 0 aliphatic heterocycles. The second kappa shape index (κ2) is 20.1. The first kappa shape index (κ1) is 26.4. The average Bonchev–Trinajstić information content (AvgIpc) is 2.64. The molecule has 2 N–H and O–H groups in total. The van der Waals surface area contributed by atoms with Gasteiger partial charge in [0.05, 0.1) is 25.9 Å². The first-order valence-electron chi connectivity index (χ1n) is 12.3. The zero-order valence-corrected chi connectivity index (χ0v) is 19.8. The normalized spacial score (nSPS) is 12.0. The summed E-state index contributed by atoms with van der Waals surface area (Å²) >= 11 is 0. The van der Waals surface area contributed by atoms with Crippen LogP contribution in [-0.4, -0.2) is 18.5 Å². The third-order valence-electron chi connectivity index (χ3n) is 5.87. The Bertz CT molecular complexity index is 226. The maximum absolute atomic E-state index is 7.03. The summed E-state index contributed by atoms with van der Waals surface area (Å²) in [5.74, 6) is 0. The highest BCUT2D eigenvalue weighted by atomic mass is 31.2. The molecule has 26 heavy (non-hydrogen) atoms. The lowest BCUT2D eigenvalue weighted by molar-refractivity contribution is 0.615. The van der Waals surface area contributed by atoms with Crippen molar-refractivity contribution in [1.82, 2.24) is 0 Å². The van der Waals surface area contributed by atoms with Gasteiger partial charge in [-0.2, -0.15) is 0 Å². The van der Waals surface area contributed by atoms with Gasteiger partial charge in [-0.05, 0) is 38.5 Å². The monoisotopic (exact) mass is 386 g/mol. The average molecular weight is 387 g/mol. The molecule has 0 aromatic heterocycles. The molecule has 0 radical (unpaired) electrons. The summed E-state index contributed by atoms with van der Waals surface area (Å²) < 4.78 is 0. The zero-order valence-electron chi connectivity index (χ0n) is 18.9. The quantitative estimate of drug-likeness (QED) is 0.154. The van der Waals surface area contributed by atoms with E-state index in [9.17, 15) is 0 Å². The van der Waals surface area contributed by atoms with Gasteiger partial charge in [-0.15, -0.1) is 0 Å². The van der Waals surface area contributed by atoms with Gasteiger partial charge in [-0.1, -0.05) is 97.8 Å². The van der Waals surface area contributed by atoms with Crippen LogP contribution in [0.3, 0.4) is 0 Å². The van der Waals surface area contributed by atoms with Crippen LogP contribution >= 0.6 is 7.41 Å². The SMILES string of the molecule is CCCCCCCC[P+](N)(CCCCCCCC)CCCCCCCC. The van der Waals surface area contributed by atoms with Crippen LogP contribution in [0.25, 0.3) is 0 Å². The lowest BCUT2D eigenvalue weighted by atomic mass is 10.1. The van der Waals surface area contributed by atoms with Gasteiger partial charge >= 0.3 is 0 Å². The number of hydrogen-bond donors (Lipinski definition) is 1. The van der Waals surface area contributed by atoms with Gasteiger partial charge in [0.1, 0.15) is 0 Å². The van der Waals surface area contributed by atoms with Crippen molar-refractivity contribution in [3.05, 3.63) is 0 Å². The minimum Gasteiger partial charge on any atom is -0.205 e. The molecule has 0 bridgehead atoms. The maximum Gasteiger partial charge on any atom is 0.0770 e. The van der Waals surface area contributed by atoms with Crippen LogP contribution in [0.2, 0.25) is 0 Å². The fourth-order valence-corrected chi connectivity index (χ4v) is 7.19. The summed E-state index contributed by atoms with van der Waals surface area (Å²) in [5.41, 5.74) is 7.03. The van der Waals surface area contributed by atoms with Crippen molar-refractivity contribution in [3.63, 3.8) is 0 Å². The summed E-state index contributed by atoms with van der Waals surface area (Å²) in [5, 5.41) is 0. The highest BCUT2D eigenvalue weighted by molar-refractivity contribution is 7.73. The van der Waals surface area contributed by atoms with Gasteiger partial charge in [-0.3, -0.25) is 0 Å². The van der Waals surface area contributed by atoms with Crippen molar-refractivity contribution in [2.75, 3.05) is 18.5 Å². The first-order chi connectivity index (χ1) is 12.7. The van der Waals surface area contributed by atoms with E-state index >= 15 is 0 Å². The molecule has 0 amide bonds. The molecule has 0 aromatic rings. The minimum absolute atomic E-state index is 1.14. The fraction of sp³-hybridized carbons (Fsp3) is 1.00. The van der Waals surface area contributed by atoms with Crippen LogP contribution < -0.4 is 5.50 Å². The summed E-state index contributed by atoms with van der Waals surface area (Å²) in [6, 6.07) is 0. The Hall–Kier alpha value is 0.390. The van der Waals surface area contributed by atoms with E-state index in [4.69, 9.17) is 5.50 Å². The van der Waals surface area contributed by atoms with Crippen LogP contribution in [0.15, 0.2) is 0 Å². The second-order valence-electron chi connectivity index (χ2n) is 8.69. The van der Waals surface area contributed by atoms with E-state index in [-0.39, 0.29) is 0 Å². The molecule has 0 atom stereocenters. The molecule has 158 valence electrons. The van der Waals surface area contributed by atoms with Crippen molar-refractivity contribution in [3.8, 4) is 0 Å². The minimum atomic E-state index is -1.14. The van der Waals surface area contributed by atoms with E-state index in [1.165, 1.54) is 134 Å². The predicted octanol–water partition coefficient (Wildman–Crippen LogP) is 8.96. The number of hydrogen-bond acceptors (Lipinski definition) is 1. The molecular weight excluding hydrogens is 333 g/mol. The Labute approximate surface area is 168 Å². The van der Waals surface area contributed by atoms with E-state index < -0.39 is 7.41 Å². The lowest BCUT2D eigenvalue weighted by Gasteiger charge is -2.23. The van der Waals surface area contributed by atoms with Gasteiger partial charge in [0, 0.05) is 0 Å². The number of nitrogens with two attached hydrogens (primary N) is 1. The molecule has 0 aliphatic carbocycles. The van der Waals surface area contributed by atoms with Crippen LogP contribution in [0.4, 0.5) is 0 Å². The highest BCUT2D eigenvalue weighted by Gasteiger charge is 2.30. The van der Waals surface area contributed by atoms with Crippen molar-refractivity contribution in [2.45, 2.75) is 136 Å². The van der Waals surface area contributed by atoms with Crippen LogP contribution in [0, 0.1) is 0 Å². The topological polar surface area (TPSA) is 26.0 Å². The molecule has 0 fully saturated rings. The lowest BCUT2D eigenvalue weighted by Crippen LogP contribution is -2.17. The molecule has 0 aromatic carbocycles. The third-order valence-corrected chi connectivity index (χ3v) is 9.49. The van der Waals surface area contributed by atoms with Crippen molar-refractivity contribution in [2.24, 2.45) is 5.50 Å². The van der Waals surface area contributed by atoms with Gasteiger partial charge in [0.25, 0.3) is 0 Å². The molecule has 0 saturated carbocycles. The summed E-state index contributed by atoms with van der Waals surface area (Å²) in [7, 11) is -1.14. The Morgan fingerprint density at radius 1 is 0.385 bits per heavy atom. The van der Waals surface area contributed by atoms with Gasteiger partial charge < -0.3 is 0 Å². The molecule has 0 unspecified atom stereocenters. The second-order valence-corrected chi connectivity index (χ2v) is 12.5. The van der Waals surface area contributed by atoms with E-state index in [0.717, 1.165) is 0 Å². The van der Waals surface area contributed by atoms with Crippen LogP contribution in [0.5, 0.6) is 0 Å². The van der Waals surface area contributed by atoms with Gasteiger partial charge in [-0.25, -0.2) is 5.50 Å². The van der Waals surface area contributed by atoms with Crippen molar-refractivity contribution < 1.29 is 0 Å². The molecule has 0 saturated heterocycles. The summed E-state index contributed by atoms with van der Waals surface area (Å²) in [6.07, 6.45) is 29.5.